The van der Waals surface area contributed by atoms with E-state index in [-0.39, 0.29) is 58.2 Å². The van der Waals surface area contributed by atoms with Gasteiger partial charge in [0.25, 0.3) is 0 Å². The van der Waals surface area contributed by atoms with Crippen molar-refractivity contribution in [1.82, 2.24) is 0 Å². The van der Waals surface area contributed by atoms with E-state index >= 15 is 0 Å². The van der Waals surface area contributed by atoms with E-state index in [1.165, 1.54) is 6.92 Å². The number of rotatable bonds is 5. The molecule has 2 aliphatic heterocycles. The molecule has 2 spiro atoms. The topological polar surface area (TPSA) is 155 Å². The molecular weight excluding hydrogens is 604 g/mol. The van der Waals surface area contributed by atoms with Crippen molar-refractivity contribution in [3.05, 3.63) is 0 Å². The molecule has 10 nitrogen and oxygen atoms in total. The number of carbonyl (C=O) groups excluding carboxylic acids is 1. The molecule has 0 aromatic carbocycles. The maximum Gasteiger partial charge on any atom is 0.303 e. The Bertz CT molecular complexity index is 1270. The number of hydrogen-bond donors (Lipinski definition) is 5. The maximum atomic E-state index is 12.2. The van der Waals surface area contributed by atoms with E-state index in [9.17, 15) is 30.3 Å². The van der Waals surface area contributed by atoms with Gasteiger partial charge in [-0.3, -0.25) is 4.79 Å². The fraction of sp³-hybridized carbons (Fsp3) is 0.973. The van der Waals surface area contributed by atoms with Crippen LogP contribution in [0.5, 0.6) is 0 Å². The summed E-state index contributed by atoms with van der Waals surface area (Å²) < 4.78 is 24.4. The molecule has 7 rings (SSSR count). The fourth-order valence-corrected chi connectivity index (χ4v) is 13.7. The third-order valence-electron chi connectivity index (χ3n) is 15.8. The van der Waals surface area contributed by atoms with Crippen molar-refractivity contribution in [2.75, 3.05) is 6.61 Å². The van der Waals surface area contributed by atoms with Crippen LogP contribution in [0.2, 0.25) is 0 Å². The molecular formula is C37H60O10. The summed E-state index contributed by atoms with van der Waals surface area (Å²) >= 11 is 0. The van der Waals surface area contributed by atoms with E-state index in [4.69, 9.17) is 18.9 Å². The molecule has 6 unspecified atom stereocenters. The van der Waals surface area contributed by atoms with E-state index < -0.39 is 59.4 Å². The Balaban J connectivity index is 1.15. The lowest BCUT2D eigenvalue weighted by atomic mass is 9.41. The first-order valence-corrected chi connectivity index (χ1v) is 18.2. The Kier molecular flexibility index (Phi) is 7.80. The summed E-state index contributed by atoms with van der Waals surface area (Å²) in [5, 5.41) is 55.8. The highest BCUT2D eigenvalue weighted by molar-refractivity contribution is 5.66. The molecule has 5 saturated carbocycles. The monoisotopic (exact) mass is 664 g/mol. The van der Waals surface area contributed by atoms with Gasteiger partial charge in [0, 0.05) is 12.8 Å². The van der Waals surface area contributed by atoms with Gasteiger partial charge in [0.1, 0.15) is 12.2 Å². The van der Waals surface area contributed by atoms with Crippen molar-refractivity contribution in [2.24, 2.45) is 44.8 Å². The zero-order valence-electron chi connectivity index (χ0n) is 29.7. The number of esters is 1. The molecule has 7 fully saturated rings. The molecule has 2 saturated heterocycles. The minimum atomic E-state index is -1.32. The van der Waals surface area contributed by atoms with Crippen LogP contribution in [0, 0.1) is 44.8 Å². The van der Waals surface area contributed by atoms with Crippen LogP contribution < -0.4 is 0 Å². The zero-order valence-corrected chi connectivity index (χ0v) is 29.7. The normalized spacial score (nSPS) is 56.6. The molecule has 7 aliphatic rings. The summed E-state index contributed by atoms with van der Waals surface area (Å²) in [6.45, 7) is 16.0. The summed E-state index contributed by atoms with van der Waals surface area (Å²) in [5.41, 5.74) is -2.18. The molecule has 5 aliphatic carbocycles. The number of carbonyl (C=O) groups is 1. The second kappa shape index (κ2) is 10.6. The molecule has 0 amide bonds. The lowest BCUT2D eigenvalue weighted by Crippen LogP contribution is -2.63. The van der Waals surface area contributed by atoms with Gasteiger partial charge in [0.15, 0.2) is 12.4 Å². The molecule has 0 aromatic rings. The van der Waals surface area contributed by atoms with Gasteiger partial charge in [-0.05, 0) is 117 Å². The van der Waals surface area contributed by atoms with Crippen molar-refractivity contribution in [3.63, 3.8) is 0 Å². The van der Waals surface area contributed by atoms with E-state index in [0.29, 0.717) is 12.8 Å². The van der Waals surface area contributed by atoms with Gasteiger partial charge >= 0.3 is 5.97 Å². The molecule has 5 N–H and O–H groups in total. The number of aliphatic hydroxyl groups excluding tert-OH is 4. The second-order valence-electron chi connectivity index (χ2n) is 18.8. The highest BCUT2D eigenvalue weighted by Gasteiger charge is 2.85. The molecule has 0 bridgehead atoms. The Morgan fingerprint density at radius 2 is 1.55 bits per heavy atom. The number of ether oxygens (including phenoxy) is 4. The average Bonchev–Trinajstić information content (AvgIpc) is 3.30. The summed E-state index contributed by atoms with van der Waals surface area (Å²) in [4.78, 5) is 11.9. The lowest BCUT2D eigenvalue weighted by Gasteiger charge is -2.64. The van der Waals surface area contributed by atoms with E-state index in [1.807, 2.05) is 13.8 Å². The van der Waals surface area contributed by atoms with E-state index in [0.717, 1.165) is 44.9 Å². The summed E-state index contributed by atoms with van der Waals surface area (Å²) in [5.74, 6) is -0.368. The Hall–Kier alpha value is -0.850. The van der Waals surface area contributed by atoms with Crippen molar-refractivity contribution in [3.8, 4) is 0 Å². The smallest absolute Gasteiger partial charge is 0.303 e. The van der Waals surface area contributed by atoms with Gasteiger partial charge < -0.3 is 44.5 Å². The van der Waals surface area contributed by atoms with Crippen LogP contribution in [0.4, 0.5) is 0 Å². The van der Waals surface area contributed by atoms with Crippen LogP contribution in [-0.4, -0.2) is 98.3 Å². The highest BCUT2D eigenvalue weighted by atomic mass is 16.7. The zero-order chi connectivity index (χ0) is 34.3. The van der Waals surface area contributed by atoms with Gasteiger partial charge in [-0.2, -0.15) is 0 Å². The van der Waals surface area contributed by atoms with Gasteiger partial charge in [0.05, 0.1) is 42.2 Å². The van der Waals surface area contributed by atoms with Crippen molar-refractivity contribution in [1.29, 1.82) is 0 Å². The highest BCUT2D eigenvalue weighted by Crippen LogP contribution is 2.89. The minimum Gasteiger partial charge on any atom is -0.454 e. The van der Waals surface area contributed by atoms with Gasteiger partial charge in [-0.15, -0.1) is 0 Å². The summed E-state index contributed by atoms with van der Waals surface area (Å²) in [6.07, 6.45) is 1.48. The third-order valence-corrected chi connectivity index (χ3v) is 15.8. The SMILES string of the molecule is CC(=O)O[C@H]1[C@H](OC2CC[C@]34C[C@]35CCC3(C)C(C6(C)CC[C@@H](C(C)(C)O)O6)[C@@H](O)C[C@@]3(C)C5C[C@H](O)C4C2(C)C)OC[C@@H](O)[C@@H]1O. The maximum absolute atomic E-state index is 12.2. The third kappa shape index (κ3) is 4.60. The first-order valence-electron chi connectivity index (χ1n) is 18.2. The van der Waals surface area contributed by atoms with Crippen LogP contribution in [0.1, 0.15) is 113 Å². The van der Waals surface area contributed by atoms with Gasteiger partial charge in [-0.25, -0.2) is 0 Å². The molecule has 2 heterocycles. The molecule has 10 heteroatoms. The van der Waals surface area contributed by atoms with Crippen LogP contribution in [-0.2, 0) is 23.7 Å². The largest absolute Gasteiger partial charge is 0.454 e. The molecule has 0 radical (unpaired) electrons. The lowest BCUT2D eigenvalue weighted by molar-refractivity contribution is -0.309. The Morgan fingerprint density at radius 1 is 0.851 bits per heavy atom. The Labute approximate surface area is 279 Å². The quantitative estimate of drug-likeness (QED) is 0.218. The predicted molar refractivity (Wildman–Crippen MR) is 171 cm³/mol. The first kappa shape index (κ1) is 34.6. The first-order chi connectivity index (χ1) is 21.7. The van der Waals surface area contributed by atoms with Crippen molar-refractivity contribution >= 4 is 5.97 Å². The van der Waals surface area contributed by atoms with Crippen molar-refractivity contribution < 1.29 is 49.3 Å². The average molecular weight is 665 g/mol. The van der Waals surface area contributed by atoms with Crippen LogP contribution >= 0.6 is 0 Å². The minimum absolute atomic E-state index is 0.00501. The Morgan fingerprint density at radius 3 is 2.19 bits per heavy atom. The molecule has 268 valence electrons. The van der Waals surface area contributed by atoms with Gasteiger partial charge in [-0.1, -0.05) is 27.7 Å². The molecule has 47 heavy (non-hydrogen) atoms. The fourth-order valence-electron chi connectivity index (χ4n) is 13.7. The second-order valence-corrected chi connectivity index (χ2v) is 18.8. The van der Waals surface area contributed by atoms with Crippen LogP contribution in [0.25, 0.3) is 0 Å². The number of aliphatic hydroxyl groups is 5. The van der Waals surface area contributed by atoms with Crippen LogP contribution in [0.15, 0.2) is 0 Å². The standard InChI is InChI=1S/C37H60O10/c1-19(38)45-27-26(42)22(41)17-44-30(27)46-24-10-12-37-18-36(37)14-13-33(6)29(35(8)11-9-25(47-35)32(4,5)43)21(40)16-34(33,7)23(36)15-20(39)28(37)31(24,2)3/h20-30,39-43H,9-18H2,1-8H3/t20-,21-,22+,23?,24?,25-,26-,27+,28?,29?,30-,33?,34-,35?,36-,37+/m0/s1. The van der Waals surface area contributed by atoms with E-state index in [1.54, 1.807) is 0 Å². The van der Waals surface area contributed by atoms with Crippen molar-refractivity contribution in [2.45, 2.75) is 173 Å². The molecule has 0 aromatic heterocycles. The summed E-state index contributed by atoms with van der Waals surface area (Å²) in [6, 6.07) is 0. The molecule has 16 atom stereocenters. The number of hydrogen-bond acceptors (Lipinski definition) is 10. The predicted octanol–water partition coefficient (Wildman–Crippen LogP) is 3.47. The van der Waals surface area contributed by atoms with Gasteiger partial charge in [0.2, 0.25) is 0 Å². The summed E-state index contributed by atoms with van der Waals surface area (Å²) in [7, 11) is 0. The van der Waals surface area contributed by atoms with Crippen LogP contribution in [0.3, 0.4) is 0 Å². The van der Waals surface area contributed by atoms with E-state index in [2.05, 4.69) is 34.6 Å². The number of fused-ring (bicyclic) bond motifs is 2.